The van der Waals surface area contributed by atoms with E-state index < -0.39 is 0 Å². The van der Waals surface area contributed by atoms with Crippen LogP contribution in [0.5, 0.6) is 0 Å². The summed E-state index contributed by atoms with van der Waals surface area (Å²) in [5.41, 5.74) is 2.17. The van der Waals surface area contributed by atoms with Gasteiger partial charge in [0.15, 0.2) is 12.1 Å². The van der Waals surface area contributed by atoms with E-state index in [-0.39, 0.29) is 0 Å². The highest BCUT2D eigenvalue weighted by Crippen LogP contribution is 2.18. The van der Waals surface area contributed by atoms with Crippen molar-refractivity contribution in [1.29, 1.82) is 0 Å². The molecule has 2 rings (SSSR count). The summed E-state index contributed by atoms with van der Waals surface area (Å²) in [6, 6.07) is 0. The Morgan fingerprint density at radius 2 is 2.24 bits per heavy atom. The fourth-order valence-corrected chi connectivity index (χ4v) is 2.30. The molecule has 0 saturated carbocycles. The summed E-state index contributed by atoms with van der Waals surface area (Å²) in [5.74, 6) is 0.504. The van der Waals surface area contributed by atoms with Crippen molar-refractivity contribution in [2.75, 3.05) is 13.1 Å². The molecule has 0 atom stereocenters. The Hall–Kier alpha value is -1.49. The number of carbonyl (C=O) groups is 2. The van der Waals surface area contributed by atoms with Crippen molar-refractivity contribution in [2.24, 2.45) is 7.05 Å². The molecule has 1 aromatic heterocycles. The van der Waals surface area contributed by atoms with E-state index in [0.29, 0.717) is 12.2 Å². The van der Waals surface area contributed by atoms with Crippen LogP contribution in [-0.2, 0) is 24.8 Å². The lowest BCUT2D eigenvalue weighted by Gasteiger charge is -2.26. The van der Waals surface area contributed by atoms with Crippen LogP contribution in [0, 0.1) is 0 Å². The minimum atomic E-state index is 0.504. The predicted molar refractivity (Wildman–Crippen MR) is 62.9 cm³/mol. The molecule has 5 nitrogen and oxygen atoms in total. The Kier molecular flexibility index (Phi) is 3.68. The topological polar surface area (TPSA) is 55.2 Å². The van der Waals surface area contributed by atoms with Gasteiger partial charge in [-0.3, -0.25) is 9.69 Å². The molecule has 0 unspecified atom stereocenters. The maximum Gasteiger partial charge on any atom is 0.185 e. The summed E-state index contributed by atoms with van der Waals surface area (Å²) in [6.45, 7) is 2.69. The minimum absolute atomic E-state index is 0.504. The minimum Gasteiger partial charge on any atom is -0.329 e. The molecular weight excluding hydrogens is 218 g/mol. The molecule has 1 aliphatic heterocycles. The summed E-state index contributed by atoms with van der Waals surface area (Å²) in [7, 11) is 1.89. The number of aromatic nitrogens is 2. The van der Waals surface area contributed by atoms with Gasteiger partial charge in [0.2, 0.25) is 0 Å². The first-order chi connectivity index (χ1) is 8.26. The van der Waals surface area contributed by atoms with Crippen molar-refractivity contribution in [3.63, 3.8) is 0 Å². The van der Waals surface area contributed by atoms with E-state index in [0.717, 1.165) is 50.7 Å². The first-order valence-corrected chi connectivity index (χ1v) is 5.92. The third kappa shape index (κ3) is 2.44. The monoisotopic (exact) mass is 235 g/mol. The van der Waals surface area contributed by atoms with Crippen molar-refractivity contribution in [1.82, 2.24) is 14.5 Å². The van der Waals surface area contributed by atoms with Crippen LogP contribution in [0.3, 0.4) is 0 Å². The van der Waals surface area contributed by atoms with Gasteiger partial charge >= 0.3 is 0 Å². The van der Waals surface area contributed by atoms with Crippen LogP contribution in [0.15, 0.2) is 0 Å². The van der Waals surface area contributed by atoms with Gasteiger partial charge in [0.25, 0.3) is 0 Å². The number of unbranched alkanes of at least 4 members (excludes halogenated alkanes) is 1. The van der Waals surface area contributed by atoms with Gasteiger partial charge in [-0.25, -0.2) is 4.98 Å². The lowest BCUT2D eigenvalue weighted by molar-refractivity contribution is -0.108. The van der Waals surface area contributed by atoms with Crippen LogP contribution in [0.1, 0.15) is 34.8 Å². The number of fused-ring (bicyclic) bond motifs is 1. The largest absolute Gasteiger partial charge is 0.329 e. The fourth-order valence-electron chi connectivity index (χ4n) is 2.30. The van der Waals surface area contributed by atoms with Gasteiger partial charge in [0, 0.05) is 38.7 Å². The first-order valence-electron chi connectivity index (χ1n) is 5.92. The molecule has 0 radical (unpaired) electrons. The standard InChI is InChI=1S/C12H17N3O2/c1-14-11-4-6-15(5-2-3-7-16)8-10(11)13-12(14)9-17/h7,9H,2-6,8H2,1H3. The maximum absolute atomic E-state index is 10.8. The van der Waals surface area contributed by atoms with Crippen LogP contribution in [0.25, 0.3) is 0 Å². The molecule has 1 aromatic rings. The SMILES string of the molecule is Cn1c(C=O)nc2c1CCN(CCCC=O)C2. The third-order valence-corrected chi connectivity index (χ3v) is 3.27. The van der Waals surface area contributed by atoms with E-state index in [1.165, 1.54) is 5.69 Å². The van der Waals surface area contributed by atoms with E-state index in [4.69, 9.17) is 0 Å². The van der Waals surface area contributed by atoms with Crippen LogP contribution in [0.2, 0.25) is 0 Å². The number of rotatable bonds is 5. The second-order valence-electron chi connectivity index (χ2n) is 4.38. The average Bonchev–Trinajstić information content (AvgIpc) is 2.66. The molecule has 0 saturated heterocycles. The van der Waals surface area contributed by atoms with Crippen molar-refractivity contribution in [2.45, 2.75) is 25.8 Å². The molecule has 0 N–H and O–H groups in total. The van der Waals surface area contributed by atoms with Gasteiger partial charge in [-0.1, -0.05) is 0 Å². The van der Waals surface area contributed by atoms with E-state index in [1.54, 1.807) is 0 Å². The number of hydrogen-bond acceptors (Lipinski definition) is 4. The Bertz CT molecular complexity index is 426. The molecule has 0 bridgehead atoms. The summed E-state index contributed by atoms with van der Waals surface area (Å²) < 4.78 is 1.88. The second-order valence-corrected chi connectivity index (χ2v) is 4.38. The normalized spacial score (nSPS) is 15.6. The van der Waals surface area contributed by atoms with Crippen LogP contribution >= 0.6 is 0 Å². The third-order valence-electron chi connectivity index (χ3n) is 3.27. The summed E-state index contributed by atoms with van der Waals surface area (Å²) in [5, 5.41) is 0. The highest BCUT2D eigenvalue weighted by Gasteiger charge is 2.21. The van der Waals surface area contributed by atoms with Crippen molar-refractivity contribution in [3.05, 3.63) is 17.2 Å². The molecule has 5 heteroatoms. The molecule has 0 fully saturated rings. The highest BCUT2D eigenvalue weighted by atomic mass is 16.1. The summed E-state index contributed by atoms with van der Waals surface area (Å²) in [6.07, 6.45) is 4.20. The molecule has 92 valence electrons. The average molecular weight is 235 g/mol. The van der Waals surface area contributed by atoms with Gasteiger partial charge in [-0.05, 0) is 13.0 Å². The Morgan fingerprint density at radius 3 is 2.94 bits per heavy atom. The highest BCUT2D eigenvalue weighted by molar-refractivity contribution is 5.69. The van der Waals surface area contributed by atoms with Crippen LogP contribution < -0.4 is 0 Å². The lowest BCUT2D eigenvalue weighted by Crippen LogP contribution is -2.32. The lowest BCUT2D eigenvalue weighted by atomic mass is 10.1. The van der Waals surface area contributed by atoms with E-state index in [1.807, 2.05) is 11.6 Å². The van der Waals surface area contributed by atoms with E-state index in [9.17, 15) is 9.59 Å². The number of hydrogen-bond donors (Lipinski definition) is 0. The molecule has 2 heterocycles. The Labute approximate surface area is 100 Å². The zero-order chi connectivity index (χ0) is 12.3. The van der Waals surface area contributed by atoms with Crippen LogP contribution in [0.4, 0.5) is 0 Å². The second kappa shape index (κ2) is 5.23. The quantitative estimate of drug-likeness (QED) is 0.553. The number of carbonyl (C=O) groups excluding carboxylic acids is 2. The zero-order valence-corrected chi connectivity index (χ0v) is 10.1. The summed E-state index contributed by atoms with van der Waals surface area (Å²) >= 11 is 0. The Morgan fingerprint density at radius 1 is 1.41 bits per heavy atom. The molecule has 1 aliphatic rings. The van der Waals surface area contributed by atoms with Crippen molar-refractivity contribution in [3.8, 4) is 0 Å². The first kappa shape index (κ1) is 12.0. The van der Waals surface area contributed by atoms with Crippen molar-refractivity contribution >= 4 is 12.6 Å². The number of nitrogens with zero attached hydrogens (tertiary/aromatic N) is 3. The molecular formula is C12H17N3O2. The fraction of sp³-hybridized carbons (Fsp3) is 0.583. The van der Waals surface area contributed by atoms with Gasteiger partial charge in [-0.2, -0.15) is 0 Å². The zero-order valence-electron chi connectivity index (χ0n) is 10.1. The molecule has 0 spiro atoms. The number of imidazole rings is 1. The number of aldehydes is 2. The Balaban J connectivity index is 2.03. The molecule has 0 amide bonds. The van der Waals surface area contributed by atoms with Gasteiger partial charge in [0.1, 0.15) is 6.29 Å². The van der Waals surface area contributed by atoms with Gasteiger partial charge < -0.3 is 9.36 Å². The predicted octanol–water partition coefficient (Wildman–Crippen LogP) is 0.570. The van der Waals surface area contributed by atoms with Crippen molar-refractivity contribution < 1.29 is 9.59 Å². The van der Waals surface area contributed by atoms with Gasteiger partial charge in [0.05, 0.1) is 5.69 Å². The molecule has 17 heavy (non-hydrogen) atoms. The van der Waals surface area contributed by atoms with E-state index >= 15 is 0 Å². The van der Waals surface area contributed by atoms with Gasteiger partial charge in [-0.15, -0.1) is 0 Å². The summed E-state index contributed by atoms with van der Waals surface area (Å²) in [4.78, 5) is 27.7. The van der Waals surface area contributed by atoms with Crippen LogP contribution in [-0.4, -0.2) is 40.1 Å². The molecule has 0 aromatic carbocycles. The maximum atomic E-state index is 10.8. The smallest absolute Gasteiger partial charge is 0.185 e. The molecule has 0 aliphatic carbocycles. The van der Waals surface area contributed by atoms with E-state index in [2.05, 4.69) is 9.88 Å².